The second-order valence-electron chi connectivity index (χ2n) is 9.91. The molecule has 3 rings (SSSR count). The van der Waals surface area contributed by atoms with Crippen molar-refractivity contribution >= 4 is 52.5 Å². The van der Waals surface area contributed by atoms with Crippen LogP contribution in [-0.2, 0) is 23.9 Å². The van der Waals surface area contributed by atoms with Crippen LogP contribution in [0, 0.1) is 5.41 Å². The van der Waals surface area contributed by atoms with Gasteiger partial charge in [-0.05, 0) is 37.5 Å². The first-order chi connectivity index (χ1) is 17.5. The number of ether oxygens (including phenoxy) is 1. The van der Waals surface area contributed by atoms with Gasteiger partial charge in [0, 0.05) is 31.7 Å². The van der Waals surface area contributed by atoms with E-state index in [4.69, 9.17) is 16.3 Å². The monoisotopic (exact) mass is 534 g/mol. The molecule has 0 spiro atoms. The SMILES string of the molecule is CCCCCCCC(=O)Nc1ccc(Cl)c(NC(=O)C(C(=O)C2(C)CC2)N2C(=O)C(OC)N(C)C2=O)c1. The molecule has 1 aliphatic carbocycles. The van der Waals surface area contributed by atoms with Crippen LogP contribution in [0.5, 0.6) is 0 Å². The molecule has 2 N–H and O–H groups in total. The van der Waals surface area contributed by atoms with Crippen LogP contribution in [0.3, 0.4) is 0 Å². The van der Waals surface area contributed by atoms with Gasteiger partial charge in [0.05, 0.1) is 10.7 Å². The minimum atomic E-state index is -1.69. The molecule has 11 heteroatoms. The molecule has 2 fully saturated rings. The highest BCUT2D eigenvalue weighted by Crippen LogP contribution is 2.47. The van der Waals surface area contributed by atoms with E-state index in [2.05, 4.69) is 17.6 Å². The fourth-order valence-corrected chi connectivity index (χ4v) is 4.44. The van der Waals surface area contributed by atoms with E-state index in [1.54, 1.807) is 13.0 Å². The summed E-state index contributed by atoms with van der Waals surface area (Å²) in [7, 11) is 2.62. The minimum absolute atomic E-state index is 0.141. The van der Waals surface area contributed by atoms with Crippen molar-refractivity contribution in [3.05, 3.63) is 23.2 Å². The Morgan fingerprint density at radius 3 is 2.41 bits per heavy atom. The molecule has 202 valence electrons. The van der Waals surface area contributed by atoms with E-state index in [1.807, 2.05) is 0 Å². The van der Waals surface area contributed by atoms with Gasteiger partial charge in [0.15, 0.2) is 11.8 Å². The number of unbranched alkanes of at least 4 members (excludes halogenated alkanes) is 4. The van der Waals surface area contributed by atoms with Crippen LogP contribution in [0.2, 0.25) is 5.02 Å². The molecule has 1 heterocycles. The van der Waals surface area contributed by atoms with Gasteiger partial charge >= 0.3 is 6.03 Å². The summed E-state index contributed by atoms with van der Waals surface area (Å²) in [5.74, 6) is -2.35. The van der Waals surface area contributed by atoms with Crippen molar-refractivity contribution in [2.24, 2.45) is 5.41 Å². The third-order valence-electron chi connectivity index (χ3n) is 6.90. The first-order valence-corrected chi connectivity index (χ1v) is 13.0. The highest BCUT2D eigenvalue weighted by atomic mass is 35.5. The first-order valence-electron chi connectivity index (χ1n) is 12.6. The smallest absolute Gasteiger partial charge is 0.330 e. The molecular formula is C26H35ClN4O6. The Morgan fingerprint density at radius 2 is 1.81 bits per heavy atom. The molecule has 1 saturated heterocycles. The molecule has 0 radical (unpaired) electrons. The Balaban J connectivity index is 1.77. The topological polar surface area (TPSA) is 125 Å². The van der Waals surface area contributed by atoms with Crippen LogP contribution >= 0.6 is 11.6 Å². The van der Waals surface area contributed by atoms with Gasteiger partial charge in [-0.25, -0.2) is 9.69 Å². The number of Topliss-reactive ketones (excluding diaryl/α,β-unsaturated/α-hetero) is 1. The van der Waals surface area contributed by atoms with Crippen LogP contribution < -0.4 is 10.6 Å². The van der Waals surface area contributed by atoms with Crippen molar-refractivity contribution in [1.82, 2.24) is 9.80 Å². The number of nitrogens with one attached hydrogen (secondary N) is 2. The number of hydrogen-bond donors (Lipinski definition) is 2. The lowest BCUT2D eigenvalue weighted by Gasteiger charge is -2.26. The Hall–Kier alpha value is -2.98. The van der Waals surface area contributed by atoms with Crippen LogP contribution in [0.4, 0.5) is 16.2 Å². The van der Waals surface area contributed by atoms with Gasteiger partial charge in [0.25, 0.3) is 11.8 Å². The standard InChI is InChI=1S/C26H35ClN4O6/c1-5-6-7-8-9-10-19(32)28-16-11-12-17(27)18(15-16)29-22(34)20(21(33)26(2)13-14-26)31-23(35)24(37-4)30(3)25(31)36/h11-12,15,20,24H,5-10,13-14H2,1-4H3,(H,28,32)(H,29,34). The Bertz CT molecular complexity index is 1070. The number of ketones is 1. The number of carbonyl (C=O) groups excluding carboxylic acids is 5. The average molecular weight is 535 g/mol. The fourth-order valence-electron chi connectivity index (χ4n) is 4.28. The molecule has 10 nitrogen and oxygen atoms in total. The van der Waals surface area contributed by atoms with Crippen molar-refractivity contribution in [2.45, 2.75) is 77.5 Å². The first kappa shape index (κ1) is 28.6. The lowest BCUT2D eigenvalue weighted by atomic mass is 9.95. The number of amides is 5. The van der Waals surface area contributed by atoms with E-state index < -0.39 is 41.3 Å². The third kappa shape index (κ3) is 6.48. The summed E-state index contributed by atoms with van der Waals surface area (Å²) in [6, 6.07) is 2.10. The van der Waals surface area contributed by atoms with E-state index in [0.717, 1.165) is 37.0 Å². The quantitative estimate of drug-likeness (QED) is 0.222. The number of benzene rings is 1. The zero-order valence-electron chi connectivity index (χ0n) is 21.8. The van der Waals surface area contributed by atoms with Crippen molar-refractivity contribution in [2.75, 3.05) is 24.8 Å². The summed E-state index contributed by atoms with van der Waals surface area (Å²) in [5.41, 5.74) is -0.243. The van der Waals surface area contributed by atoms with E-state index in [-0.39, 0.29) is 16.6 Å². The predicted octanol–water partition coefficient (Wildman–Crippen LogP) is 4.18. The van der Waals surface area contributed by atoms with Gasteiger partial charge in [0.1, 0.15) is 0 Å². The molecule has 2 atom stereocenters. The molecule has 1 aromatic rings. The molecule has 2 unspecified atom stereocenters. The summed E-state index contributed by atoms with van der Waals surface area (Å²) in [4.78, 5) is 66.6. The van der Waals surface area contributed by atoms with Gasteiger partial charge in [-0.1, -0.05) is 51.1 Å². The summed E-state index contributed by atoms with van der Waals surface area (Å²) < 4.78 is 5.09. The molecular weight excluding hydrogens is 500 g/mol. The van der Waals surface area contributed by atoms with Gasteiger partial charge < -0.3 is 15.4 Å². The van der Waals surface area contributed by atoms with Crippen LogP contribution in [0.1, 0.15) is 65.2 Å². The number of likely N-dealkylation sites (N-methyl/N-ethyl adjacent to an activating group) is 1. The molecule has 0 bridgehead atoms. The normalized spacial score (nSPS) is 19.1. The highest BCUT2D eigenvalue weighted by molar-refractivity contribution is 6.34. The van der Waals surface area contributed by atoms with Gasteiger partial charge in [-0.3, -0.25) is 24.1 Å². The van der Waals surface area contributed by atoms with Gasteiger partial charge in [-0.15, -0.1) is 0 Å². The third-order valence-corrected chi connectivity index (χ3v) is 7.23. The maximum absolute atomic E-state index is 13.4. The zero-order chi connectivity index (χ0) is 27.3. The van der Waals surface area contributed by atoms with Crippen LogP contribution in [-0.4, -0.2) is 65.8 Å². The molecule has 1 saturated carbocycles. The number of carbonyl (C=O) groups is 5. The summed E-state index contributed by atoms with van der Waals surface area (Å²) >= 11 is 6.29. The molecule has 5 amide bonds. The second-order valence-corrected chi connectivity index (χ2v) is 10.3. The van der Waals surface area contributed by atoms with E-state index in [9.17, 15) is 24.0 Å². The zero-order valence-corrected chi connectivity index (χ0v) is 22.5. The van der Waals surface area contributed by atoms with Crippen molar-refractivity contribution in [3.63, 3.8) is 0 Å². The number of urea groups is 1. The van der Waals surface area contributed by atoms with E-state index in [1.165, 1.54) is 26.3 Å². The van der Waals surface area contributed by atoms with Crippen molar-refractivity contribution < 1.29 is 28.7 Å². The molecule has 2 aliphatic rings. The highest BCUT2D eigenvalue weighted by Gasteiger charge is 2.57. The lowest BCUT2D eigenvalue weighted by Crippen LogP contribution is -2.54. The molecule has 0 aromatic heterocycles. The number of hydrogen-bond acceptors (Lipinski definition) is 6. The van der Waals surface area contributed by atoms with E-state index in [0.29, 0.717) is 29.8 Å². The Morgan fingerprint density at radius 1 is 1.14 bits per heavy atom. The van der Waals surface area contributed by atoms with Crippen molar-refractivity contribution in [1.29, 1.82) is 0 Å². The average Bonchev–Trinajstić information content (AvgIpc) is 3.57. The van der Waals surface area contributed by atoms with Crippen molar-refractivity contribution in [3.8, 4) is 0 Å². The fraction of sp³-hybridized carbons (Fsp3) is 0.577. The lowest BCUT2D eigenvalue weighted by molar-refractivity contribution is -0.147. The van der Waals surface area contributed by atoms with Crippen LogP contribution in [0.25, 0.3) is 0 Å². The minimum Gasteiger partial charge on any atom is -0.353 e. The number of rotatable bonds is 13. The number of anilines is 2. The summed E-state index contributed by atoms with van der Waals surface area (Å²) in [6.45, 7) is 3.83. The van der Waals surface area contributed by atoms with Gasteiger partial charge in [0.2, 0.25) is 12.1 Å². The predicted molar refractivity (Wildman–Crippen MR) is 139 cm³/mol. The van der Waals surface area contributed by atoms with Crippen LogP contribution in [0.15, 0.2) is 18.2 Å². The number of methoxy groups -OCH3 is 1. The van der Waals surface area contributed by atoms with Gasteiger partial charge in [-0.2, -0.15) is 0 Å². The Kier molecular flexibility index (Phi) is 9.31. The molecule has 1 aliphatic heterocycles. The Labute approximate surface area is 222 Å². The number of halogens is 1. The molecule has 1 aromatic carbocycles. The maximum Gasteiger partial charge on any atom is 0.330 e. The van der Waals surface area contributed by atoms with E-state index >= 15 is 0 Å². The molecule has 37 heavy (non-hydrogen) atoms. The second kappa shape index (κ2) is 12.0. The number of nitrogens with zero attached hydrogens (tertiary/aromatic N) is 2. The summed E-state index contributed by atoms with van der Waals surface area (Å²) in [6.07, 6.45) is 5.35. The maximum atomic E-state index is 13.4. The number of imide groups is 1. The summed E-state index contributed by atoms with van der Waals surface area (Å²) in [5, 5.41) is 5.55. The largest absolute Gasteiger partial charge is 0.353 e.